The number of nitrogens with one attached hydrogen (secondary N) is 1. The molecule has 0 unspecified atom stereocenters. The lowest BCUT2D eigenvalue weighted by Gasteiger charge is -2.09. The number of hydrogen-bond donors (Lipinski definition) is 2. The Hall–Kier alpha value is -2.24. The molecule has 0 aliphatic carbocycles. The van der Waals surface area contributed by atoms with Gasteiger partial charge in [-0.15, -0.1) is 0 Å². The largest absolute Gasteiger partial charge is 0.505 e. The van der Waals surface area contributed by atoms with E-state index in [1.54, 1.807) is 0 Å². The van der Waals surface area contributed by atoms with Crippen molar-refractivity contribution in [1.82, 2.24) is 0 Å². The zero-order valence-corrected chi connectivity index (χ0v) is 19.9. The van der Waals surface area contributed by atoms with Gasteiger partial charge in [0.05, 0.1) is 13.2 Å². The molecule has 1 amide bonds. The predicted molar refractivity (Wildman–Crippen MR) is 129 cm³/mol. The second kappa shape index (κ2) is 19.4. The fourth-order valence-corrected chi connectivity index (χ4v) is 3.66. The van der Waals surface area contributed by atoms with Crippen LogP contribution in [0.5, 0.6) is 0 Å². The molecule has 0 aromatic heterocycles. The standard InChI is InChI=1S/C26H43NO5/c1-2-3-4-5-8-11-14-20-31-25(28)27-24-19-16-18-23(22-24)17-13-10-7-6-9-12-15-21-32-26(29)30/h16,18-19,22H,2-15,17,20-21H2,1H3,(H,27,28)(H,29,30). The summed E-state index contributed by atoms with van der Waals surface area (Å²) < 4.78 is 9.79. The molecule has 0 heterocycles. The van der Waals surface area contributed by atoms with Crippen molar-refractivity contribution in [1.29, 1.82) is 0 Å². The van der Waals surface area contributed by atoms with Crippen molar-refractivity contribution in [3.05, 3.63) is 29.8 Å². The van der Waals surface area contributed by atoms with Crippen LogP contribution in [0.15, 0.2) is 24.3 Å². The third kappa shape index (κ3) is 16.5. The van der Waals surface area contributed by atoms with Crippen LogP contribution in [-0.4, -0.2) is 30.6 Å². The number of hydrogen-bond acceptors (Lipinski definition) is 4. The molecular weight excluding hydrogens is 406 g/mol. The normalized spacial score (nSPS) is 10.7. The monoisotopic (exact) mass is 449 g/mol. The van der Waals surface area contributed by atoms with Crippen molar-refractivity contribution >= 4 is 17.9 Å². The molecule has 1 aromatic rings. The van der Waals surface area contributed by atoms with Crippen LogP contribution in [0.1, 0.15) is 102 Å². The van der Waals surface area contributed by atoms with Gasteiger partial charge in [-0.3, -0.25) is 5.32 Å². The van der Waals surface area contributed by atoms with Crippen molar-refractivity contribution in [3.63, 3.8) is 0 Å². The summed E-state index contributed by atoms with van der Waals surface area (Å²) in [6.07, 6.45) is 15.4. The maximum Gasteiger partial charge on any atom is 0.505 e. The second-order valence-corrected chi connectivity index (χ2v) is 8.42. The van der Waals surface area contributed by atoms with Crippen molar-refractivity contribution < 1.29 is 24.2 Å². The van der Waals surface area contributed by atoms with Gasteiger partial charge in [0.2, 0.25) is 0 Å². The molecule has 0 radical (unpaired) electrons. The summed E-state index contributed by atoms with van der Waals surface area (Å²) in [5.74, 6) is 0. The Bertz CT molecular complexity index is 620. The van der Waals surface area contributed by atoms with E-state index in [1.807, 2.05) is 18.2 Å². The Kier molecular flexibility index (Phi) is 16.9. The lowest BCUT2D eigenvalue weighted by atomic mass is 10.0. The summed E-state index contributed by atoms with van der Waals surface area (Å²) >= 11 is 0. The van der Waals surface area contributed by atoms with Gasteiger partial charge in [0.25, 0.3) is 0 Å². The van der Waals surface area contributed by atoms with Crippen molar-refractivity contribution in [2.24, 2.45) is 0 Å². The zero-order chi connectivity index (χ0) is 23.3. The highest BCUT2D eigenvalue weighted by atomic mass is 16.7. The number of carboxylic acid groups (broad SMARTS) is 1. The Labute approximate surface area is 194 Å². The minimum Gasteiger partial charge on any atom is -0.450 e. The molecule has 6 nitrogen and oxygen atoms in total. The molecular formula is C26H43NO5. The van der Waals surface area contributed by atoms with E-state index in [2.05, 4.69) is 23.0 Å². The molecule has 0 aliphatic heterocycles. The average Bonchev–Trinajstić information content (AvgIpc) is 2.77. The van der Waals surface area contributed by atoms with Crippen LogP contribution in [0.3, 0.4) is 0 Å². The van der Waals surface area contributed by atoms with E-state index in [-0.39, 0.29) is 6.09 Å². The minimum absolute atomic E-state index is 0.298. The van der Waals surface area contributed by atoms with Crippen LogP contribution in [0.25, 0.3) is 0 Å². The van der Waals surface area contributed by atoms with Gasteiger partial charge in [-0.2, -0.15) is 0 Å². The molecule has 32 heavy (non-hydrogen) atoms. The topological polar surface area (TPSA) is 84.9 Å². The second-order valence-electron chi connectivity index (χ2n) is 8.42. The number of aryl methyl sites for hydroxylation is 1. The number of benzene rings is 1. The predicted octanol–water partition coefficient (Wildman–Crippen LogP) is 7.95. The lowest BCUT2D eigenvalue weighted by molar-refractivity contribution is 0.0899. The summed E-state index contributed by atoms with van der Waals surface area (Å²) in [6.45, 7) is 3.00. The first-order valence-electron chi connectivity index (χ1n) is 12.5. The van der Waals surface area contributed by atoms with Gasteiger partial charge in [-0.05, 0) is 43.4 Å². The van der Waals surface area contributed by atoms with Crippen molar-refractivity contribution in [3.8, 4) is 0 Å². The first kappa shape index (κ1) is 27.8. The molecule has 0 spiro atoms. The fourth-order valence-electron chi connectivity index (χ4n) is 3.66. The van der Waals surface area contributed by atoms with Gasteiger partial charge >= 0.3 is 12.2 Å². The molecule has 0 saturated heterocycles. The molecule has 182 valence electrons. The van der Waals surface area contributed by atoms with Gasteiger partial charge in [0.1, 0.15) is 0 Å². The molecule has 0 aliphatic rings. The number of rotatable bonds is 19. The van der Waals surface area contributed by atoms with Crippen LogP contribution in [0.2, 0.25) is 0 Å². The Balaban J connectivity index is 2.06. The van der Waals surface area contributed by atoms with Crippen molar-refractivity contribution in [2.75, 3.05) is 18.5 Å². The number of unbranched alkanes of at least 4 members (excludes halogenated alkanes) is 12. The number of amides is 1. The third-order valence-corrected chi connectivity index (χ3v) is 5.49. The Morgan fingerprint density at radius 2 is 1.34 bits per heavy atom. The maximum atomic E-state index is 12.0. The number of carbonyl (C=O) groups is 2. The van der Waals surface area contributed by atoms with E-state index in [0.717, 1.165) is 50.6 Å². The van der Waals surface area contributed by atoms with E-state index in [4.69, 9.17) is 9.84 Å². The molecule has 0 saturated carbocycles. The third-order valence-electron chi connectivity index (χ3n) is 5.49. The maximum absolute atomic E-state index is 12.0. The zero-order valence-electron chi connectivity index (χ0n) is 19.9. The van der Waals surface area contributed by atoms with Crippen LogP contribution in [-0.2, 0) is 15.9 Å². The molecule has 2 N–H and O–H groups in total. The van der Waals surface area contributed by atoms with Crippen LogP contribution >= 0.6 is 0 Å². The fraction of sp³-hybridized carbons (Fsp3) is 0.692. The summed E-state index contributed by atoms with van der Waals surface area (Å²) in [7, 11) is 0. The summed E-state index contributed by atoms with van der Waals surface area (Å²) in [6, 6.07) is 7.99. The van der Waals surface area contributed by atoms with E-state index in [9.17, 15) is 9.59 Å². The van der Waals surface area contributed by atoms with Gasteiger partial charge < -0.3 is 14.6 Å². The molecule has 1 aromatic carbocycles. The van der Waals surface area contributed by atoms with Gasteiger partial charge in [-0.1, -0.05) is 89.7 Å². The van der Waals surface area contributed by atoms with E-state index >= 15 is 0 Å². The Morgan fingerprint density at radius 1 is 0.781 bits per heavy atom. The van der Waals surface area contributed by atoms with Gasteiger partial charge in [-0.25, -0.2) is 9.59 Å². The first-order chi connectivity index (χ1) is 15.6. The molecule has 0 fully saturated rings. The highest BCUT2D eigenvalue weighted by Crippen LogP contribution is 2.15. The molecule has 0 atom stereocenters. The smallest absolute Gasteiger partial charge is 0.450 e. The van der Waals surface area contributed by atoms with Crippen LogP contribution in [0, 0.1) is 0 Å². The van der Waals surface area contributed by atoms with Gasteiger partial charge in [0.15, 0.2) is 0 Å². The Morgan fingerprint density at radius 3 is 1.97 bits per heavy atom. The quantitative estimate of drug-likeness (QED) is 0.165. The summed E-state index contributed by atoms with van der Waals surface area (Å²) in [5.41, 5.74) is 2.01. The lowest BCUT2D eigenvalue weighted by Crippen LogP contribution is -2.14. The summed E-state index contributed by atoms with van der Waals surface area (Å²) in [4.78, 5) is 22.2. The van der Waals surface area contributed by atoms with Crippen molar-refractivity contribution in [2.45, 2.75) is 103 Å². The highest BCUT2D eigenvalue weighted by Gasteiger charge is 2.04. The average molecular weight is 450 g/mol. The van der Waals surface area contributed by atoms with Crippen LogP contribution < -0.4 is 5.32 Å². The van der Waals surface area contributed by atoms with E-state index in [1.165, 1.54) is 56.9 Å². The van der Waals surface area contributed by atoms with Gasteiger partial charge in [0, 0.05) is 5.69 Å². The number of carbonyl (C=O) groups excluding carboxylic acids is 1. The van der Waals surface area contributed by atoms with Crippen LogP contribution in [0.4, 0.5) is 15.3 Å². The van der Waals surface area contributed by atoms with E-state index in [0.29, 0.717) is 13.2 Å². The summed E-state index contributed by atoms with van der Waals surface area (Å²) in [5, 5.41) is 11.2. The molecule has 6 heteroatoms. The highest BCUT2D eigenvalue weighted by molar-refractivity contribution is 5.84. The minimum atomic E-state index is -1.19. The SMILES string of the molecule is CCCCCCCCCOC(=O)Nc1cccc(CCCCCCCCCOC(=O)O)c1. The molecule has 1 rings (SSSR count). The molecule has 0 bridgehead atoms. The number of anilines is 1. The van der Waals surface area contributed by atoms with E-state index < -0.39 is 6.16 Å². The number of ether oxygens (including phenoxy) is 2. The first-order valence-corrected chi connectivity index (χ1v) is 12.5.